The van der Waals surface area contributed by atoms with Crippen LogP contribution < -0.4 is 0 Å². The molecule has 0 aliphatic carbocycles. The zero-order chi connectivity index (χ0) is 11.4. The van der Waals surface area contributed by atoms with Crippen molar-refractivity contribution in [3.05, 3.63) is 0 Å². The summed E-state index contributed by atoms with van der Waals surface area (Å²) in [5.41, 5.74) is 0. The van der Waals surface area contributed by atoms with Crippen molar-refractivity contribution in [1.29, 1.82) is 0 Å². The van der Waals surface area contributed by atoms with E-state index in [0.717, 1.165) is 32.6 Å². The Labute approximate surface area is 94.1 Å². The molecule has 1 fully saturated rings. The molecule has 1 aliphatic rings. The lowest BCUT2D eigenvalue weighted by Gasteiger charge is -2.39. The Bertz CT molecular complexity index is 186. The minimum atomic E-state index is -0.161. The highest BCUT2D eigenvalue weighted by Crippen LogP contribution is 2.12. The molecule has 1 N–H and O–H groups in total. The molecule has 1 aliphatic heterocycles. The van der Waals surface area contributed by atoms with Gasteiger partial charge in [0.05, 0.1) is 6.10 Å². The van der Waals surface area contributed by atoms with Crippen LogP contribution in [0.2, 0.25) is 0 Å². The molecule has 3 atom stereocenters. The maximum absolute atomic E-state index is 9.97. The van der Waals surface area contributed by atoms with E-state index in [2.05, 4.69) is 37.6 Å². The molecule has 1 heterocycles. The van der Waals surface area contributed by atoms with Gasteiger partial charge in [-0.2, -0.15) is 0 Å². The van der Waals surface area contributed by atoms with Crippen LogP contribution in [-0.4, -0.2) is 60.3 Å². The number of rotatable bonds is 4. The largest absolute Gasteiger partial charge is 0.392 e. The van der Waals surface area contributed by atoms with Gasteiger partial charge in [0.15, 0.2) is 0 Å². The molecule has 1 saturated heterocycles. The SMILES string of the molecule is CCC(C)C(O)CN1CCN(C)C(C)C1. The molecule has 0 saturated carbocycles. The van der Waals surface area contributed by atoms with Gasteiger partial charge in [-0.15, -0.1) is 0 Å². The van der Waals surface area contributed by atoms with Crippen LogP contribution in [0.5, 0.6) is 0 Å². The predicted octanol–water partition coefficient (Wildman–Crippen LogP) is 1.03. The van der Waals surface area contributed by atoms with Gasteiger partial charge in [-0.25, -0.2) is 0 Å². The molecule has 3 heteroatoms. The normalized spacial score (nSPS) is 29.0. The van der Waals surface area contributed by atoms with Gasteiger partial charge < -0.3 is 10.0 Å². The second-order valence-electron chi connectivity index (χ2n) is 5.04. The summed E-state index contributed by atoms with van der Waals surface area (Å²) < 4.78 is 0. The van der Waals surface area contributed by atoms with Gasteiger partial charge >= 0.3 is 0 Å². The molecule has 0 amide bonds. The first kappa shape index (κ1) is 12.9. The van der Waals surface area contributed by atoms with E-state index in [9.17, 15) is 5.11 Å². The van der Waals surface area contributed by atoms with Gasteiger partial charge in [-0.05, 0) is 19.9 Å². The van der Waals surface area contributed by atoms with Gasteiger partial charge in [0, 0.05) is 32.2 Å². The summed E-state index contributed by atoms with van der Waals surface area (Å²) in [6, 6.07) is 0.614. The third kappa shape index (κ3) is 3.74. The summed E-state index contributed by atoms with van der Waals surface area (Å²) in [4.78, 5) is 4.77. The Hall–Kier alpha value is -0.120. The fraction of sp³-hybridized carbons (Fsp3) is 1.00. The van der Waals surface area contributed by atoms with Crippen molar-refractivity contribution in [2.75, 3.05) is 33.2 Å². The molecular weight excluding hydrogens is 188 g/mol. The number of hydrogen-bond donors (Lipinski definition) is 1. The molecule has 15 heavy (non-hydrogen) atoms. The second-order valence-corrected chi connectivity index (χ2v) is 5.04. The quantitative estimate of drug-likeness (QED) is 0.757. The lowest BCUT2D eigenvalue weighted by molar-refractivity contribution is 0.0336. The molecule has 0 spiro atoms. The predicted molar refractivity (Wildman–Crippen MR) is 64.0 cm³/mol. The Morgan fingerprint density at radius 1 is 1.40 bits per heavy atom. The molecule has 0 bridgehead atoms. The van der Waals surface area contributed by atoms with E-state index in [1.54, 1.807) is 0 Å². The zero-order valence-corrected chi connectivity index (χ0v) is 10.6. The fourth-order valence-corrected chi connectivity index (χ4v) is 2.01. The Morgan fingerprint density at radius 2 is 2.07 bits per heavy atom. The summed E-state index contributed by atoms with van der Waals surface area (Å²) in [5, 5.41) is 9.97. The highest BCUT2D eigenvalue weighted by atomic mass is 16.3. The zero-order valence-electron chi connectivity index (χ0n) is 10.6. The summed E-state index contributed by atoms with van der Waals surface area (Å²) in [6.07, 6.45) is 0.899. The Kier molecular flexibility index (Phi) is 5.03. The van der Waals surface area contributed by atoms with Crippen LogP contribution in [-0.2, 0) is 0 Å². The van der Waals surface area contributed by atoms with Gasteiger partial charge in [0.2, 0.25) is 0 Å². The molecular formula is C12H26N2O. The Morgan fingerprint density at radius 3 is 2.60 bits per heavy atom. The van der Waals surface area contributed by atoms with Crippen molar-refractivity contribution in [2.24, 2.45) is 5.92 Å². The van der Waals surface area contributed by atoms with E-state index in [4.69, 9.17) is 0 Å². The number of β-amino-alcohol motifs (C(OH)–C–C–N with tert-alkyl or cyclic N) is 1. The number of aliphatic hydroxyl groups is 1. The van der Waals surface area contributed by atoms with Crippen LogP contribution in [0.4, 0.5) is 0 Å². The van der Waals surface area contributed by atoms with E-state index >= 15 is 0 Å². The van der Waals surface area contributed by atoms with Crippen molar-refractivity contribution >= 4 is 0 Å². The lowest BCUT2D eigenvalue weighted by Crippen LogP contribution is -2.52. The first-order valence-electron chi connectivity index (χ1n) is 6.15. The average Bonchev–Trinajstić information content (AvgIpc) is 2.22. The summed E-state index contributed by atoms with van der Waals surface area (Å²) in [6.45, 7) is 10.7. The number of piperazine rings is 1. The standard InChI is InChI=1S/C12H26N2O/c1-5-10(2)12(15)9-14-7-6-13(4)11(3)8-14/h10-12,15H,5-9H2,1-4H3. The molecule has 3 unspecified atom stereocenters. The van der Waals surface area contributed by atoms with Crippen molar-refractivity contribution in [3.8, 4) is 0 Å². The van der Waals surface area contributed by atoms with E-state index in [0.29, 0.717) is 12.0 Å². The molecule has 0 aromatic rings. The number of nitrogens with zero attached hydrogens (tertiary/aromatic N) is 2. The van der Waals surface area contributed by atoms with Crippen LogP contribution >= 0.6 is 0 Å². The topological polar surface area (TPSA) is 26.7 Å². The van der Waals surface area contributed by atoms with Gasteiger partial charge in [0.25, 0.3) is 0 Å². The minimum Gasteiger partial charge on any atom is -0.392 e. The van der Waals surface area contributed by atoms with Crippen LogP contribution in [0, 0.1) is 5.92 Å². The maximum atomic E-state index is 9.97. The molecule has 90 valence electrons. The minimum absolute atomic E-state index is 0.161. The Balaban J connectivity index is 2.33. The molecule has 0 aromatic carbocycles. The van der Waals surface area contributed by atoms with Crippen LogP contribution in [0.3, 0.4) is 0 Å². The average molecular weight is 214 g/mol. The van der Waals surface area contributed by atoms with Crippen LogP contribution in [0.15, 0.2) is 0 Å². The van der Waals surface area contributed by atoms with E-state index in [1.165, 1.54) is 0 Å². The number of likely N-dealkylation sites (N-methyl/N-ethyl adjacent to an activating group) is 1. The smallest absolute Gasteiger partial charge is 0.0692 e. The van der Waals surface area contributed by atoms with Crippen molar-refractivity contribution in [2.45, 2.75) is 39.3 Å². The lowest BCUT2D eigenvalue weighted by atomic mass is 10.0. The maximum Gasteiger partial charge on any atom is 0.0692 e. The summed E-state index contributed by atoms with van der Waals surface area (Å²) >= 11 is 0. The first-order valence-corrected chi connectivity index (χ1v) is 6.15. The van der Waals surface area contributed by atoms with Crippen LogP contribution in [0.1, 0.15) is 27.2 Å². The number of hydrogen-bond acceptors (Lipinski definition) is 3. The van der Waals surface area contributed by atoms with E-state index in [1.807, 2.05) is 0 Å². The third-order valence-electron chi connectivity index (χ3n) is 3.79. The third-order valence-corrected chi connectivity index (χ3v) is 3.79. The van der Waals surface area contributed by atoms with Crippen molar-refractivity contribution in [1.82, 2.24) is 9.80 Å². The molecule has 3 nitrogen and oxygen atoms in total. The highest BCUT2D eigenvalue weighted by molar-refractivity contribution is 4.79. The highest BCUT2D eigenvalue weighted by Gasteiger charge is 2.23. The molecule has 1 rings (SSSR count). The first-order chi connectivity index (χ1) is 7.04. The molecule has 0 radical (unpaired) electrons. The second kappa shape index (κ2) is 5.83. The van der Waals surface area contributed by atoms with Gasteiger partial charge in [-0.3, -0.25) is 4.90 Å². The van der Waals surface area contributed by atoms with Gasteiger partial charge in [0.1, 0.15) is 0 Å². The van der Waals surface area contributed by atoms with E-state index < -0.39 is 0 Å². The van der Waals surface area contributed by atoms with Gasteiger partial charge in [-0.1, -0.05) is 20.3 Å². The number of aliphatic hydroxyl groups excluding tert-OH is 1. The monoisotopic (exact) mass is 214 g/mol. The fourth-order valence-electron chi connectivity index (χ4n) is 2.01. The van der Waals surface area contributed by atoms with E-state index in [-0.39, 0.29) is 6.10 Å². The van der Waals surface area contributed by atoms with Crippen molar-refractivity contribution in [3.63, 3.8) is 0 Å². The summed E-state index contributed by atoms with van der Waals surface area (Å²) in [7, 11) is 2.17. The summed E-state index contributed by atoms with van der Waals surface area (Å²) in [5.74, 6) is 0.417. The van der Waals surface area contributed by atoms with Crippen molar-refractivity contribution < 1.29 is 5.11 Å². The van der Waals surface area contributed by atoms with Crippen LogP contribution in [0.25, 0.3) is 0 Å². The molecule has 0 aromatic heterocycles.